The Balaban J connectivity index is 1.59. The predicted octanol–water partition coefficient (Wildman–Crippen LogP) is 2.50. The van der Waals surface area contributed by atoms with Crippen molar-refractivity contribution in [2.75, 3.05) is 11.9 Å². The van der Waals surface area contributed by atoms with E-state index in [4.69, 9.17) is 0 Å². The standard InChI is InChI=1S/C15H20N2O/c1-10-8-14(16-9-10)15(18)17-13-6-4-12(5-7-13)11-2-3-11/h4-7,10-11,14,16H,2-3,8-9H2,1H3,(H,17,18)/t10-,14+/m0/s1. The van der Waals surface area contributed by atoms with Crippen LogP contribution in [0.3, 0.4) is 0 Å². The molecule has 1 amide bonds. The molecule has 0 aromatic heterocycles. The lowest BCUT2D eigenvalue weighted by molar-refractivity contribution is -0.117. The summed E-state index contributed by atoms with van der Waals surface area (Å²) >= 11 is 0. The molecule has 2 fully saturated rings. The van der Waals surface area contributed by atoms with Crippen LogP contribution in [0, 0.1) is 5.92 Å². The fraction of sp³-hybridized carbons (Fsp3) is 0.533. The highest BCUT2D eigenvalue weighted by atomic mass is 16.2. The van der Waals surface area contributed by atoms with E-state index in [0.29, 0.717) is 5.92 Å². The van der Waals surface area contributed by atoms with E-state index < -0.39 is 0 Å². The van der Waals surface area contributed by atoms with E-state index >= 15 is 0 Å². The van der Waals surface area contributed by atoms with Gasteiger partial charge in [0.1, 0.15) is 0 Å². The summed E-state index contributed by atoms with van der Waals surface area (Å²) in [5.74, 6) is 1.46. The van der Waals surface area contributed by atoms with Gasteiger partial charge >= 0.3 is 0 Å². The number of hydrogen-bond acceptors (Lipinski definition) is 2. The van der Waals surface area contributed by atoms with E-state index in [1.54, 1.807) is 0 Å². The first-order chi connectivity index (χ1) is 8.72. The van der Waals surface area contributed by atoms with Crippen LogP contribution in [0.2, 0.25) is 0 Å². The number of carbonyl (C=O) groups is 1. The zero-order valence-corrected chi connectivity index (χ0v) is 10.8. The van der Waals surface area contributed by atoms with Crippen molar-refractivity contribution in [3.8, 4) is 0 Å². The normalized spacial score (nSPS) is 27.2. The van der Waals surface area contributed by atoms with Gasteiger partial charge in [-0.1, -0.05) is 19.1 Å². The molecule has 1 saturated heterocycles. The Labute approximate surface area is 108 Å². The summed E-state index contributed by atoms with van der Waals surface area (Å²) in [6.07, 6.45) is 3.57. The van der Waals surface area contributed by atoms with Crippen LogP contribution in [0.25, 0.3) is 0 Å². The van der Waals surface area contributed by atoms with Gasteiger partial charge in [0.15, 0.2) is 0 Å². The average molecular weight is 244 g/mol. The molecule has 3 rings (SSSR count). The van der Waals surface area contributed by atoms with Gasteiger partial charge in [0, 0.05) is 5.69 Å². The SMILES string of the molecule is C[C@@H]1CN[C@@H](C(=O)Nc2ccc(C3CC3)cc2)C1. The minimum absolute atomic E-state index is 0.0249. The lowest BCUT2D eigenvalue weighted by atomic mass is 10.1. The molecule has 0 spiro atoms. The zero-order valence-electron chi connectivity index (χ0n) is 10.8. The third-order valence-electron chi connectivity index (χ3n) is 3.89. The van der Waals surface area contributed by atoms with Gasteiger partial charge in [-0.25, -0.2) is 0 Å². The number of hydrogen-bond donors (Lipinski definition) is 2. The maximum absolute atomic E-state index is 12.0. The Morgan fingerprint density at radius 2 is 2.00 bits per heavy atom. The van der Waals surface area contributed by atoms with Gasteiger partial charge in [0.05, 0.1) is 6.04 Å². The Kier molecular flexibility index (Phi) is 3.08. The topological polar surface area (TPSA) is 41.1 Å². The monoisotopic (exact) mass is 244 g/mol. The molecule has 0 bridgehead atoms. The second-order valence-corrected chi connectivity index (χ2v) is 5.69. The number of nitrogens with one attached hydrogen (secondary N) is 2. The highest BCUT2D eigenvalue weighted by molar-refractivity contribution is 5.95. The Morgan fingerprint density at radius 1 is 1.28 bits per heavy atom. The largest absolute Gasteiger partial charge is 0.325 e. The molecule has 1 aliphatic heterocycles. The highest BCUT2D eigenvalue weighted by Crippen LogP contribution is 2.40. The van der Waals surface area contributed by atoms with Crippen LogP contribution in [-0.4, -0.2) is 18.5 Å². The summed E-state index contributed by atoms with van der Waals surface area (Å²) in [6.45, 7) is 3.11. The third-order valence-corrected chi connectivity index (χ3v) is 3.89. The van der Waals surface area contributed by atoms with Crippen LogP contribution >= 0.6 is 0 Å². The third kappa shape index (κ3) is 2.56. The Hall–Kier alpha value is -1.35. The van der Waals surface area contributed by atoms with Gasteiger partial charge < -0.3 is 10.6 Å². The first kappa shape index (κ1) is 11.7. The molecule has 2 aliphatic rings. The molecule has 0 unspecified atom stereocenters. The number of anilines is 1. The smallest absolute Gasteiger partial charge is 0.241 e. The molecule has 3 heteroatoms. The number of carbonyl (C=O) groups excluding carboxylic acids is 1. The van der Waals surface area contributed by atoms with E-state index in [2.05, 4.69) is 29.7 Å². The maximum atomic E-state index is 12.0. The fourth-order valence-electron chi connectivity index (χ4n) is 2.60. The first-order valence-electron chi connectivity index (χ1n) is 6.86. The van der Waals surface area contributed by atoms with E-state index in [-0.39, 0.29) is 11.9 Å². The Morgan fingerprint density at radius 3 is 2.56 bits per heavy atom. The first-order valence-corrected chi connectivity index (χ1v) is 6.86. The van der Waals surface area contributed by atoms with Crippen molar-refractivity contribution >= 4 is 11.6 Å². The quantitative estimate of drug-likeness (QED) is 0.857. The molecular formula is C15H20N2O. The maximum Gasteiger partial charge on any atom is 0.241 e. The van der Waals surface area contributed by atoms with Gasteiger partial charge in [0.25, 0.3) is 0 Å². The Bertz CT molecular complexity index is 436. The summed E-state index contributed by atoms with van der Waals surface area (Å²) in [7, 11) is 0. The second kappa shape index (κ2) is 4.73. The molecule has 0 radical (unpaired) electrons. The average Bonchev–Trinajstić information content (AvgIpc) is 3.12. The van der Waals surface area contributed by atoms with Crippen LogP contribution < -0.4 is 10.6 Å². The van der Waals surface area contributed by atoms with Crippen LogP contribution in [-0.2, 0) is 4.79 Å². The van der Waals surface area contributed by atoms with E-state index in [0.717, 1.165) is 24.6 Å². The molecule has 1 saturated carbocycles. The lowest BCUT2D eigenvalue weighted by Gasteiger charge is -2.11. The number of rotatable bonds is 3. The van der Waals surface area contributed by atoms with Crippen molar-refractivity contribution in [2.45, 2.75) is 38.1 Å². The molecule has 2 atom stereocenters. The van der Waals surface area contributed by atoms with E-state index in [1.165, 1.54) is 18.4 Å². The number of benzene rings is 1. The summed E-state index contributed by atoms with van der Waals surface area (Å²) in [5.41, 5.74) is 2.31. The van der Waals surface area contributed by atoms with Crippen molar-refractivity contribution < 1.29 is 4.79 Å². The highest BCUT2D eigenvalue weighted by Gasteiger charge is 2.27. The van der Waals surface area contributed by atoms with Crippen molar-refractivity contribution in [3.05, 3.63) is 29.8 Å². The van der Waals surface area contributed by atoms with Crippen molar-refractivity contribution in [1.82, 2.24) is 5.32 Å². The molecule has 18 heavy (non-hydrogen) atoms. The molecule has 96 valence electrons. The zero-order chi connectivity index (χ0) is 12.5. The van der Waals surface area contributed by atoms with E-state index in [9.17, 15) is 4.79 Å². The van der Waals surface area contributed by atoms with Crippen LogP contribution in [0.1, 0.15) is 37.7 Å². The van der Waals surface area contributed by atoms with Crippen molar-refractivity contribution in [3.63, 3.8) is 0 Å². The predicted molar refractivity (Wildman–Crippen MR) is 72.6 cm³/mol. The molecular weight excluding hydrogens is 224 g/mol. The van der Waals surface area contributed by atoms with E-state index in [1.807, 2.05) is 12.1 Å². The van der Waals surface area contributed by atoms with Crippen molar-refractivity contribution in [1.29, 1.82) is 0 Å². The van der Waals surface area contributed by atoms with Gasteiger partial charge in [0.2, 0.25) is 5.91 Å². The molecule has 3 nitrogen and oxygen atoms in total. The summed E-state index contributed by atoms with van der Waals surface area (Å²) in [6, 6.07) is 8.28. The minimum Gasteiger partial charge on any atom is -0.325 e. The molecule has 1 aromatic rings. The van der Waals surface area contributed by atoms with Gasteiger partial charge in [-0.2, -0.15) is 0 Å². The van der Waals surface area contributed by atoms with Crippen molar-refractivity contribution in [2.24, 2.45) is 5.92 Å². The second-order valence-electron chi connectivity index (χ2n) is 5.69. The van der Waals surface area contributed by atoms with Gasteiger partial charge in [-0.05, 0) is 55.3 Å². The fourth-order valence-corrected chi connectivity index (χ4v) is 2.60. The summed E-state index contributed by atoms with van der Waals surface area (Å²) < 4.78 is 0. The summed E-state index contributed by atoms with van der Waals surface area (Å²) in [5, 5.41) is 6.24. The molecule has 1 aromatic carbocycles. The summed E-state index contributed by atoms with van der Waals surface area (Å²) in [4.78, 5) is 12.0. The molecule has 2 N–H and O–H groups in total. The molecule has 1 aliphatic carbocycles. The minimum atomic E-state index is -0.0249. The van der Waals surface area contributed by atoms with Crippen LogP contribution in [0.15, 0.2) is 24.3 Å². The van der Waals surface area contributed by atoms with Gasteiger partial charge in [-0.15, -0.1) is 0 Å². The van der Waals surface area contributed by atoms with Gasteiger partial charge in [-0.3, -0.25) is 4.79 Å². The number of amides is 1. The van der Waals surface area contributed by atoms with Crippen LogP contribution in [0.5, 0.6) is 0 Å². The van der Waals surface area contributed by atoms with Crippen LogP contribution in [0.4, 0.5) is 5.69 Å². The molecule has 1 heterocycles. The lowest BCUT2D eigenvalue weighted by Crippen LogP contribution is -2.35.